The third-order valence-corrected chi connectivity index (χ3v) is 4.74. The quantitative estimate of drug-likeness (QED) is 0.592. The molecule has 2 aliphatic rings. The third kappa shape index (κ3) is 3.99. The summed E-state index contributed by atoms with van der Waals surface area (Å²) in [5.41, 5.74) is 3.37. The van der Waals surface area contributed by atoms with Gasteiger partial charge in [-0.1, -0.05) is 18.2 Å². The topological polar surface area (TPSA) is 105 Å². The largest absolute Gasteiger partial charge is 0.469 e. The Morgan fingerprint density at radius 2 is 1.96 bits per heavy atom. The molecule has 1 saturated heterocycles. The van der Waals surface area contributed by atoms with E-state index in [9.17, 15) is 19.2 Å². The van der Waals surface area contributed by atoms with E-state index in [1.54, 1.807) is 18.2 Å². The summed E-state index contributed by atoms with van der Waals surface area (Å²) in [4.78, 5) is 48.5. The van der Waals surface area contributed by atoms with Crippen LogP contribution in [0.15, 0.2) is 36.4 Å². The molecule has 0 spiro atoms. The van der Waals surface area contributed by atoms with Crippen LogP contribution in [-0.2, 0) is 19.1 Å². The number of nitrogens with one attached hydrogen (secondary N) is 2. The van der Waals surface area contributed by atoms with Gasteiger partial charge in [0, 0.05) is 12.1 Å². The monoisotopic (exact) mass is 371 g/mol. The molecule has 0 bridgehead atoms. The van der Waals surface area contributed by atoms with Gasteiger partial charge >= 0.3 is 5.97 Å². The first kappa shape index (κ1) is 18.6. The number of hydrogen-bond donors (Lipinski definition) is 2. The van der Waals surface area contributed by atoms with Crippen molar-refractivity contribution in [2.24, 2.45) is 11.8 Å². The van der Waals surface area contributed by atoms with Gasteiger partial charge in [-0.15, -0.1) is 0 Å². The lowest BCUT2D eigenvalue weighted by molar-refractivity contribution is -0.140. The van der Waals surface area contributed by atoms with Crippen molar-refractivity contribution >= 4 is 29.4 Å². The minimum Gasteiger partial charge on any atom is -0.469 e. The van der Waals surface area contributed by atoms with Crippen LogP contribution in [0.25, 0.3) is 0 Å². The van der Waals surface area contributed by atoms with E-state index in [4.69, 9.17) is 0 Å². The number of nitrogens with zero attached hydrogens (tertiary/aromatic N) is 1. The van der Waals surface area contributed by atoms with Gasteiger partial charge in [0.2, 0.25) is 11.8 Å². The predicted octanol–water partition coefficient (Wildman–Crippen LogP) is 0.940. The Labute approximate surface area is 156 Å². The molecular weight excluding hydrogens is 350 g/mol. The van der Waals surface area contributed by atoms with Gasteiger partial charge in [0.1, 0.15) is 0 Å². The molecule has 1 fully saturated rings. The normalized spacial score (nSPS) is 21.3. The molecule has 27 heavy (non-hydrogen) atoms. The lowest BCUT2D eigenvalue weighted by atomic mass is 9.80. The molecule has 2 unspecified atom stereocenters. The van der Waals surface area contributed by atoms with Gasteiger partial charge in [0.25, 0.3) is 5.91 Å². The van der Waals surface area contributed by atoms with Crippen LogP contribution < -0.4 is 15.8 Å². The Hall–Kier alpha value is -3.16. The Morgan fingerprint density at radius 1 is 1.22 bits per heavy atom. The van der Waals surface area contributed by atoms with Crippen molar-refractivity contribution < 1.29 is 23.9 Å². The van der Waals surface area contributed by atoms with Crippen molar-refractivity contribution in [2.75, 3.05) is 18.7 Å². The highest BCUT2D eigenvalue weighted by Crippen LogP contribution is 2.32. The van der Waals surface area contributed by atoms with E-state index in [1.165, 1.54) is 18.2 Å². The number of benzene rings is 1. The zero-order valence-electron chi connectivity index (χ0n) is 14.9. The van der Waals surface area contributed by atoms with Gasteiger partial charge in [-0.2, -0.15) is 0 Å². The number of carbonyl (C=O) groups excluding carboxylic acids is 4. The van der Waals surface area contributed by atoms with E-state index in [1.807, 2.05) is 12.2 Å². The molecule has 0 saturated carbocycles. The molecule has 2 atom stereocenters. The molecule has 3 amide bonds. The molecule has 8 heteroatoms. The Kier molecular flexibility index (Phi) is 5.54. The van der Waals surface area contributed by atoms with Crippen LogP contribution in [-0.4, -0.2) is 37.3 Å². The summed E-state index contributed by atoms with van der Waals surface area (Å²) in [6, 6.07) is 6.42. The molecule has 3 rings (SSSR count). The van der Waals surface area contributed by atoms with Crippen LogP contribution in [0.5, 0.6) is 0 Å². The summed E-state index contributed by atoms with van der Waals surface area (Å²) in [6.45, 7) is 0.144. The van der Waals surface area contributed by atoms with Crippen molar-refractivity contribution in [3.63, 3.8) is 0 Å². The van der Waals surface area contributed by atoms with E-state index < -0.39 is 5.97 Å². The van der Waals surface area contributed by atoms with Crippen LogP contribution in [0.4, 0.5) is 5.69 Å². The number of fused-ring (bicyclic) bond motifs is 1. The summed E-state index contributed by atoms with van der Waals surface area (Å²) in [5, 5.41) is 3.84. The fraction of sp³-hybridized carbons (Fsp3) is 0.368. The first-order chi connectivity index (χ1) is 13.0. The number of allylic oxidation sites excluding steroid dienone is 2. The number of carbonyl (C=O) groups is 4. The third-order valence-electron chi connectivity index (χ3n) is 4.74. The van der Waals surface area contributed by atoms with Gasteiger partial charge in [0.05, 0.1) is 31.1 Å². The molecule has 1 heterocycles. The summed E-state index contributed by atoms with van der Waals surface area (Å²) in [7, 11) is 1.28. The zero-order valence-corrected chi connectivity index (χ0v) is 14.9. The first-order valence-electron chi connectivity index (χ1n) is 8.76. The second kappa shape index (κ2) is 8.03. The number of hydrazine groups is 1. The van der Waals surface area contributed by atoms with Crippen LogP contribution in [0, 0.1) is 11.8 Å². The minimum absolute atomic E-state index is 0.0686. The van der Waals surface area contributed by atoms with Crippen LogP contribution in [0.2, 0.25) is 0 Å². The van der Waals surface area contributed by atoms with E-state index in [0.717, 1.165) is 0 Å². The number of rotatable bonds is 5. The summed E-state index contributed by atoms with van der Waals surface area (Å²) >= 11 is 0. The standard InChI is InChI=1S/C19H21N3O5/c1-27-16(23)9-10-20-17(24)12-5-4-6-13(11-12)22-19(26)15-8-3-2-7-14(15)18(25)21-22/h2-6,11,14-15H,7-10H2,1H3,(H,20,24)(H,21,25). The lowest BCUT2D eigenvalue weighted by Crippen LogP contribution is -2.59. The SMILES string of the molecule is COC(=O)CCNC(=O)c1cccc(N2NC(=O)C3CC=CCC3C2=O)c1. The van der Waals surface area contributed by atoms with Crippen molar-refractivity contribution in [2.45, 2.75) is 19.3 Å². The lowest BCUT2D eigenvalue weighted by Gasteiger charge is -2.38. The average molecular weight is 371 g/mol. The summed E-state index contributed by atoms with van der Waals surface area (Å²) in [6.07, 6.45) is 4.99. The molecule has 1 aromatic carbocycles. The van der Waals surface area contributed by atoms with Gasteiger partial charge in [-0.05, 0) is 31.0 Å². The molecule has 0 aromatic heterocycles. The summed E-state index contributed by atoms with van der Waals surface area (Å²) < 4.78 is 4.52. The number of hydrogen-bond acceptors (Lipinski definition) is 5. The maximum atomic E-state index is 12.8. The summed E-state index contributed by atoms with van der Waals surface area (Å²) in [5.74, 6) is -1.91. The maximum absolute atomic E-state index is 12.8. The number of ether oxygens (including phenoxy) is 1. The number of methoxy groups -OCH3 is 1. The predicted molar refractivity (Wildman–Crippen MR) is 96.4 cm³/mol. The number of anilines is 1. The van der Waals surface area contributed by atoms with E-state index >= 15 is 0 Å². The van der Waals surface area contributed by atoms with E-state index in [0.29, 0.717) is 24.1 Å². The van der Waals surface area contributed by atoms with E-state index in [-0.39, 0.29) is 42.5 Å². The van der Waals surface area contributed by atoms with Gasteiger partial charge < -0.3 is 10.1 Å². The molecule has 0 radical (unpaired) electrons. The smallest absolute Gasteiger partial charge is 0.307 e. The second-order valence-corrected chi connectivity index (χ2v) is 6.44. The van der Waals surface area contributed by atoms with Crippen LogP contribution in [0.1, 0.15) is 29.6 Å². The van der Waals surface area contributed by atoms with Crippen molar-refractivity contribution in [1.29, 1.82) is 0 Å². The molecule has 8 nitrogen and oxygen atoms in total. The minimum atomic E-state index is -0.415. The molecule has 142 valence electrons. The zero-order chi connectivity index (χ0) is 19.4. The van der Waals surface area contributed by atoms with Crippen molar-refractivity contribution in [3.05, 3.63) is 42.0 Å². The highest BCUT2D eigenvalue weighted by molar-refractivity contribution is 6.05. The molecule has 2 N–H and O–H groups in total. The second-order valence-electron chi connectivity index (χ2n) is 6.44. The van der Waals surface area contributed by atoms with Crippen LogP contribution in [0.3, 0.4) is 0 Å². The van der Waals surface area contributed by atoms with Gasteiger partial charge in [0.15, 0.2) is 0 Å². The fourth-order valence-corrected chi connectivity index (χ4v) is 3.25. The Bertz CT molecular complexity index is 804. The Balaban J connectivity index is 1.72. The first-order valence-corrected chi connectivity index (χ1v) is 8.76. The Morgan fingerprint density at radius 3 is 2.70 bits per heavy atom. The van der Waals surface area contributed by atoms with Crippen LogP contribution >= 0.6 is 0 Å². The average Bonchev–Trinajstić information content (AvgIpc) is 2.70. The van der Waals surface area contributed by atoms with Crippen molar-refractivity contribution in [1.82, 2.24) is 10.7 Å². The maximum Gasteiger partial charge on any atom is 0.307 e. The highest BCUT2D eigenvalue weighted by atomic mass is 16.5. The van der Waals surface area contributed by atoms with Gasteiger partial charge in [-0.25, -0.2) is 5.01 Å². The fourth-order valence-electron chi connectivity index (χ4n) is 3.25. The number of amides is 3. The molecule has 1 aromatic rings. The molecule has 1 aliphatic heterocycles. The number of esters is 1. The van der Waals surface area contributed by atoms with Crippen molar-refractivity contribution in [3.8, 4) is 0 Å². The molecular formula is C19H21N3O5. The molecule has 1 aliphatic carbocycles. The van der Waals surface area contributed by atoms with E-state index in [2.05, 4.69) is 15.5 Å². The highest BCUT2D eigenvalue weighted by Gasteiger charge is 2.42. The van der Waals surface area contributed by atoms with Gasteiger partial charge in [-0.3, -0.25) is 24.6 Å².